The maximum absolute atomic E-state index is 11.6. The molecule has 0 spiro atoms. The van der Waals surface area contributed by atoms with Crippen molar-refractivity contribution in [1.29, 1.82) is 0 Å². The molecule has 1 aromatic carbocycles. The van der Waals surface area contributed by atoms with E-state index < -0.39 is 5.60 Å². The van der Waals surface area contributed by atoms with Gasteiger partial charge in [-0.3, -0.25) is 0 Å². The van der Waals surface area contributed by atoms with E-state index in [1.54, 1.807) is 18.2 Å². The molecule has 80 valence electrons. The number of hydrogen-bond donors (Lipinski definition) is 1. The van der Waals surface area contributed by atoms with E-state index in [1.807, 2.05) is 13.8 Å². The third-order valence-corrected chi connectivity index (χ3v) is 3.15. The molecule has 0 bridgehead atoms. The van der Waals surface area contributed by atoms with Gasteiger partial charge in [-0.25, -0.2) is 4.79 Å². The van der Waals surface area contributed by atoms with Gasteiger partial charge < -0.3 is 9.84 Å². The van der Waals surface area contributed by atoms with Crippen molar-refractivity contribution in [3.8, 4) is 5.75 Å². The second kappa shape index (κ2) is 3.26. The first-order valence-corrected chi connectivity index (χ1v) is 5.20. The van der Waals surface area contributed by atoms with Crippen LogP contribution in [-0.2, 0) is 10.3 Å². The molecular formula is C12H14O3. The summed E-state index contributed by atoms with van der Waals surface area (Å²) in [6.07, 6.45) is 1.36. The van der Waals surface area contributed by atoms with Gasteiger partial charge in [0, 0.05) is 0 Å². The highest BCUT2D eigenvalue weighted by Gasteiger charge is 2.44. The number of ether oxygens (including phenoxy) is 1. The van der Waals surface area contributed by atoms with Crippen molar-refractivity contribution in [1.82, 2.24) is 0 Å². The van der Waals surface area contributed by atoms with Crippen molar-refractivity contribution in [2.45, 2.75) is 32.3 Å². The number of aromatic hydroxyl groups is 1. The minimum Gasteiger partial charge on any atom is -0.507 e. The summed E-state index contributed by atoms with van der Waals surface area (Å²) in [5.74, 6) is -0.174. The maximum Gasteiger partial charge on any atom is 0.339 e. The zero-order valence-corrected chi connectivity index (χ0v) is 8.91. The Hall–Kier alpha value is -1.51. The van der Waals surface area contributed by atoms with Crippen LogP contribution >= 0.6 is 0 Å². The SMILES string of the molecule is CCC1(CC)OC(=O)c2cccc(O)c21. The molecule has 0 saturated carbocycles. The minimum atomic E-state index is -0.627. The number of phenols is 1. The predicted molar refractivity (Wildman–Crippen MR) is 55.8 cm³/mol. The number of carbonyl (C=O) groups excluding carboxylic acids is 1. The van der Waals surface area contributed by atoms with Crippen LogP contribution in [0.15, 0.2) is 18.2 Å². The molecule has 2 rings (SSSR count). The van der Waals surface area contributed by atoms with Crippen LogP contribution in [0.5, 0.6) is 5.75 Å². The number of esters is 1. The molecule has 0 fully saturated rings. The molecule has 1 aliphatic heterocycles. The van der Waals surface area contributed by atoms with Gasteiger partial charge in [-0.05, 0) is 25.0 Å². The van der Waals surface area contributed by atoms with Crippen molar-refractivity contribution >= 4 is 5.97 Å². The second-order valence-electron chi connectivity index (χ2n) is 3.79. The van der Waals surface area contributed by atoms with Gasteiger partial charge in [-0.2, -0.15) is 0 Å². The Morgan fingerprint density at radius 2 is 2.00 bits per heavy atom. The van der Waals surface area contributed by atoms with Crippen LogP contribution in [-0.4, -0.2) is 11.1 Å². The number of phenolic OH excluding ortho intramolecular Hbond substituents is 1. The first kappa shape index (κ1) is 10.0. The highest BCUT2D eigenvalue weighted by atomic mass is 16.6. The molecule has 3 nitrogen and oxygen atoms in total. The van der Waals surface area contributed by atoms with Crippen LogP contribution < -0.4 is 0 Å². The average Bonchev–Trinajstić information content (AvgIpc) is 2.54. The molecule has 15 heavy (non-hydrogen) atoms. The van der Waals surface area contributed by atoms with E-state index in [0.717, 1.165) is 0 Å². The molecule has 0 unspecified atom stereocenters. The Labute approximate surface area is 88.7 Å². The van der Waals surface area contributed by atoms with Gasteiger partial charge in [-0.15, -0.1) is 0 Å². The molecule has 1 aromatic rings. The van der Waals surface area contributed by atoms with Crippen LogP contribution in [0.2, 0.25) is 0 Å². The van der Waals surface area contributed by atoms with Crippen LogP contribution in [0.25, 0.3) is 0 Å². The summed E-state index contributed by atoms with van der Waals surface area (Å²) in [6.45, 7) is 3.91. The minimum absolute atomic E-state index is 0.155. The Balaban J connectivity index is 2.67. The molecule has 0 amide bonds. The fourth-order valence-corrected chi connectivity index (χ4v) is 2.22. The lowest BCUT2D eigenvalue weighted by Gasteiger charge is -2.26. The molecule has 0 aromatic heterocycles. The maximum atomic E-state index is 11.6. The van der Waals surface area contributed by atoms with Gasteiger partial charge in [0.05, 0.1) is 11.1 Å². The Morgan fingerprint density at radius 3 is 2.60 bits per heavy atom. The van der Waals surface area contributed by atoms with Crippen LogP contribution in [0, 0.1) is 0 Å². The fourth-order valence-electron chi connectivity index (χ4n) is 2.22. The summed E-state index contributed by atoms with van der Waals surface area (Å²) >= 11 is 0. The number of cyclic esters (lactones) is 1. The normalized spacial score (nSPS) is 17.3. The Kier molecular flexibility index (Phi) is 2.18. The average molecular weight is 206 g/mol. The first-order valence-electron chi connectivity index (χ1n) is 5.20. The lowest BCUT2D eigenvalue weighted by molar-refractivity contribution is -0.0133. The molecule has 1 aliphatic rings. The monoisotopic (exact) mass is 206 g/mol. The van der Waals surface area contributed by atoms with Crippen molar-refractivity contribution in [2.24, 2.45) is 0 Å². The first-order chi connectivity index (χ1) is 7.14. The smallest absolute Gasteiger partial charge is 0.339 e. The second-order valence-corrected chi connectivity index (χ2v) is 3.79. The van der Waals surface area contributed by atoms with E-state index in [4.69, 9.17) is 4.74 Å². The highest BCUT2D eigenvalue weighted by molar-refractivity contribution is 5.95. The molecule has 1 N–H and O–H groups in total. The molecule has 3 heteroatoms. The van der Waals surface area contributed by atoms with E-state index in [9.17, 15) is 9.90 Å². The van der Waals surface area contributed by atoms with E-state index in [0.29, 0.717) is 24.0 Å². The Bertz CT molecular complexity index is 405. The summed E-state index contributed by atoms with van der Waals surface area (Å²) in [5, 5.41) is 9.81. The van der Waals surface area contributed by atoms with E-state index in [2.05, 4.69) is 0 Å². The number of carbonyl (C=O) groups is 1. The van der Waals surface area contributed by atoms with Crippen LogP contribution in [0.4, 0.5) is 0 Å². The van der Waals surface area contributed by atoms with Crippen molar-refractivity contribution in [2.75, 3.05) is 0 Å². The van der Waals surface area contributed by atoms with Crippen molar-refractivity contribution in [3.05, 3.63) is 29.3 Å². The largest absolute Gasteiger partial charge is 0.507 e. The lowest BCUT2D eigenvalue weighted by Crippen LogP contribution is -2.24. The number of benzene rings is 1. The van der Waals surface area contributed by atoms with E-state index in [-0.39, 0.29) is 11.7 Å². The van der Waals surface area contributed by atoms with Crippen LogP contribution in [0.3, 0.4) is 0 Å². The van der Waals surface area contributed by atoms with Gasteiger partial charge in [0.15, 0.2) is 0 Å². The molecule has 0 aliphatic carbocycles. The third kappa shape index (κ3) is 1.23. The van der Waals surface area contributed by atoms with Gasteiger partial charge in [0.1, 0.15) is 11.4 Å². The highest BCUT2D eigenvalue weighted by Crippen LogP contribution is 2.45. The molecule has 1 heterocycles. The van der Waals surface area contributed by atoms with Gasteiger partial charge >= 0.3 is 5.97 Å². The topological polar surface area (TPSA) is 46.5 Å². The van der Waals surface area contributed by atoms with E-state index >= 15 is 0 Å². The zero-order chi connectivity index (χ0) is 11.1. The van der Waals surface area contributed by atoms with Crippen molar-refractivity contribution < 1.29 is 14.6 Å². The number of hydrogen-bond acceptors (Lipinski definition) is 3. The fraction of sp³-hybridized carbons (Fsp3) is 0.417. The van der Waals surface area contributed by atoms with Gasteiger partial charge in [-0.1, -0.05) is 19.9 Å². The lowest BCUT2D eigenvalue weighted by atomic mass is 9.87. The van der Waals surface area contributed by atoms with Gasteiger partial charge in [0.25, 0.3) is 0 Å². The number of fused-ring (bicyclic) bond motifs is 1. The standard InChI is InChI=1S/C12H14O3/c1-3-12(4-2)10-8(11(14)15-12)6-5-7-9(10)13/h5-7,13H,3-4H2,1-2H3. The third-order valence-electron chi connectivity index (χ3n) is 3.15. The summed E-state index contributed by atoms with van der Waals surface area (Å²) in [6, 6.07) is 4.96. The van der Waals surface area contributed by atoms with Crippen LogP contribution in [0.1, 0.15) is 42.6 Å². The number of rotatable bonds is 2. The molecule has 0 radical (unpaired) electrons. The quantitative estimate of drug-likeness (QED) is 0.756. The molecule has 0 saturated heterocycles. The summed E-state index contributed by atoms with van der Waals surface area (Å²) in [5.41, 5.74) is 0.524. The summed E-state index contributed by atoms with van der Waals surface area (Å²) in [4.78, 5) is 11.6. The van der Waals surface area contributed by atoms with Gasteiger partial charge in [0.2, 0.25) is 0 Å². The van der Waals surface area contributed by atoms with Crippen molar-refractivity contribution in [3.63, 3.8) is 0 Å². The molecule has 0 atom stereocenters. The summed E-state index contributed by atoms with van der Waals surface area (Å²) in [7, 11) is 0. The zero-order valence-electron chi connectivity index (χ0n) is 8.91. The van der Waals surface area contributed by atoms with E-state index in [1.165, 1.54) is 0 Å². The molecular weight excluding hydrogens is 192 g/mol. The summed E-state index contributed by atoms with van der Waals surface area (Å²) < 4.78 is 5.40. The predicted octanol–water partition coefficient (Wildman–Crippen LogP) is 2.58. The Morgan fingerprint density at radius 1 is 1.33 bits per heavy atom.